The smallest absolute Gasteiger partial charge is 0.260 e. The van der Waals surface area contributed by atoms with Gasteiger partial charge in [-0.05, 0) is 62.7 Å². The van der Waals surface area contributed by atoms with Crippen molar-refractivity contribution >= 4 is 5.91 Å². The maximum atomic E-state index is 12.7. The summed E-state index contributed by atoms with van der Waals surface area (Å²) in [7, 11) is 0. The zero-order valence-corrected chi connectivity index (χ0v) is 17.5. The molecule has 0 bridgehead atoms. The summed E-state index contributed by atoms with van der Waals surface area (Å²) in [6, 6.07) is 4.38. The molecule has 1 aliphatic carbocycles. The molecule has 1 spiro atoms. The number of nitrogens with zero attached hydrogens (tertiary/aromatic N) is 3. The molecule has 6 nitrogen and oxygen atoms in total. The minimum atomic E-state index is 0.00166. The number of aliphatic hydroxyl groups is 1. The van der Waals surface area contributed by atoms with E-state index in [4.69, 9.17) is 4.74 Å². The highest BCUT2D eigenvalue weighted by Crippen LogP contribution is 2.46. The maximum absolute atomic E-state index is 12.7. The molecule has 6 heteroatoms. The van der Waals surface area contributed by atoms with Gasteiger partial charge in [0.1, 0.15) is 5.75 Å². The lowest BCUT2D eigenvalue weighted by Gasteiger charge is -2.52. The Morgan fingerprint density at radius 3 is 2.62 bits per heavy atom. The van der Waals surface area contributed by atoms with Crippen molar-refractivity contribution in [2.45, 2.75) is 57.4 Å². The van der Waals surface area contributed by atoms with Gasteiger partial charge in [-0.15, -0.1) is 0 Å². The minimum Gasteiger partial charge on any atom is -0.482 e. The maximum Gasteiger partial charge on any atom is 0.260 e. The predicted molar refractivity (Wildman–Crippen MR) is 112 cm³/mol. The highest BCUT2D eigenvalue weighted by atomic mass is 16.5. The molecule has 160 valence electrons. The Bertz CT molecular complexity index is 655. The molecule has 1 aromatic heterocycles. The standard InChI is InChI=1S/C23H35N3O3/c27-17-19-16-26(22(28)18-29-21-7-4-11-24-15-21)14-10-23(19)8-12-25(13-9-23)20-5-2-1-3-6-20/h4,7,11,15,19-20,27H,1-3,5-6,8-10,12-14,16-18H2/t19-/m0/s1. The molecule has 0 radical (unpaired) electrons. The summed E-state index contributed by atoms with van der Waals surface area (Å²) >= 11 is 0. The Hall–Kier alpha value is -1.66. The van der Waals surface area contributed by atoms with Gasteiger partial charge in [-0.1, -0.05) is 19.3 Å². The van der Waals surface area contributed by atoms with Gasteiger partial charge in [-0.3, -0.25) is 9.78 Å². The lowest BCUT2D eigenvalue weighted by molar-refractivity contribution is -0.140. The van der Waals surface area contributed by atoms with Crippen LogP contribution >= 0.6 is 0 Å². The Balaban J connectivity index is 1.30. The SMILES string of the molecule is O=C(COc1cccnc1)N1CCC2(CCN(C3CCCCC3)CC2)[C@H](CO)C1. The summed E-state index contributed by atoms with van der Waals surface area (Å²) in [5.41, 5.74) is 0.195. The van der Waals surface area contributed by atoms with Crippen LogP contribution < -0.4 is 4.74 Å². The molecule has 2 aliphatic heterocycles. The number of hydrogen-bond acceptors (Lipinski definition) is 5. The first-order chi connectivity index (χ1) is 14.2. The second-order valence-electron chi connectivity index (χ2n) is 9.14. The molecule has 3 heterocycles. The molecule has 1 atom stereocenters. The molecule has 1 saturated carbocycles. The number of rotatable bonds is 5. The van der Waals surface area contributed by atoms with Crippen molar-refractivity contribution in [1.82, 2.24) is 14.8 Å². The molecule has 29 heavy (non-hydrogen) atoms. The van der Waals surface area contributed by atoms with Gasteiger partial charge >= 0.3 is 0 Å². The number of aromatic nitrogens is 1. The van der Waals surface area contributed by atoms with Crippen molar-refractivity contribution in [2.24, 2.45) is 11.3 Å². The van der Waals surface area contributed by atoms with E-state index in [2.05, 4.69) is 9.88 Å². The van der Waals surface area contributed by atoms with Crippen LogP contribution in [-0.2, 0) is 4.79 Å². The van der Waals surface area contributed by atoms with Gasteiger partial charge < -0.3 is 19.6 Å². The van der Waals surface area contributed by atoms with Crippen LogP contribution in [0.3, 0.4) is 0 Å². The van der Waals surface area contributed by atoms with E-state index in [-0.39, 0.29) is 30.5 Å². The van der Waals surface area contributed by atoms with Gasteiger partial charge in [-0.2, -0.15) is 0 Å². The molecule has 4 rings (SSSR count). The van der Waals surface area contributed by atoms with Crippen LogP contribution in [0.1, 0.15) is 51.4 Å². The molecule has 3 aliphatic rings. The summed E-state index contributed by atoms with van der Waals surface area (Å²) in [6.07, 6.45) is 13.5. The van der Waals surface area contributed by atoms with E-state index in [1.165, 1.54) is 32.1 Å². The molecule has 1 amide bonds. The second kappa shape index (κ2) is 9.43. The van der Waals surface area contributed by atoms with E-state index in [9.17, 15) is 9.90 Å². The van der Waals surface area contributed by atoms with E-state index in [1.807, 2.05) is 11.0 Å². The first-order valence-corrected chi connectivity index (χ1v) is 11.4. The van der Waals surface area contributed by atoms with Crippen LogP contribution in [0.4, 0.5) is 0 Å². The summed E-state index contributed by atoms with van der Waals surface area (Å²) in [5, 5.41) is 10.1. The van der Waals surface area contributed by atoms with E-state index >= 15 is 0 Å². The Kier molecular flexibility index (Phi) is 6.70. The molecule has 2 saturated heterocycles. The minimum absolute atomic E-state index is 0.00166. The topological polar surface area (TPSA) is 65.9 Å². The van der Waals surface area contributed by atoms with Crippen molar-refractivity contribution in [3.05, 3.63) is 24.5 Å². The largest absolute Gasteiger partial charge is 0.482 e. The van der Waals surface area contributed by atoms with Gasteiger partial charge in [0, 0.05) is 37.9 Å². The van der Waals surface area contributed by atoms with Crippen LogP contribution in [0.15, 0.2) is 24.5 Å². The number of ether oxygens (including phenoxy) is 1. The molecular formula is C23H35N3O3. The predicted octanol–water partition coefficient (Wildman–Crippen LogP) is 2.72. The van der Waals surface area contributed by atoms with Gasteiger partial charge in [0.25, 0.3) is 5.91 Å². The number of piperidine rings is 2. The van der Waals surface area contributed by atoms with Crippen molar-refractivity contribution in [2.75, 3.05) is 39.4 Å². The molecule has 0 aromatic carbocycles. The van der Waals surface area contributed by atoms with Crippen LogP contribution in [0, 0.1) is 11.3 Å². The highest BCUT2D eigenvalue weighted by Gasteiger charge is 2.46. The van der Waals surface area contributed by atoms with Gasteiger partial charge in [0.2, 0.25) is 0 Å². The monoisotopic (exact) mass is 401 g/mol. The van der Waals surface area contributed by atoms with Crippen molar-refractivity contribution in [1.29, 1.82) is 0 Å². The van der Waals surface area contributed by atoms with Gasteiger partial charge in [0.05, 0.1) is 6.20 Å². The number of hydrogen-bond donors (Lipinski definition) is 1. The van der Waals surface area contributed by atoms with Gasteiger partial charge in [-0.25, -0.2) is 0 Å². The summed E-state index contributed by atoms with van der Waals surface area (Å²) in [5.74, 6) is 0.789. The van der Waals surface area contributed by atoms with Gasteiger partial charge in [0.15, 0.2) is 6.61 Å². The lowest BCUT2D eigenvalue weighted by atomic mass is 9.64. The zero-order chi connectivity index (χ0) is 20.1. The lowest BCUT2D eigenvalue weighted by Crippen LogP contribution is -2.56. The number of aliphatic hydroxyl groups excluding tert-OH is 1. The second-order valence-corrected chi connectivity index (χ2v) is 9.14. The average Bonchev–Trinajstić information content (AvgIpc) is 2.79. The Labute approximate surface area is 174 Å². The van der Waals surface area contributed by atoms with Crippen molar-refractivity contribution in [3.8, 4) is 5.75 Å². The number of amides is 1. The van der Waals surface area contributed by atoms with Crippen LogP contribution in [0.5, 0.6) is 5.75 Å². The zero-order valence-electron chi connectivity index (χ0n) is 17.5. The summed E-state index contributed by atoms with van der Waals surface area (Å²) < 4.78 is 5.59. The molecule has 0 unspecified atom stereocenters. The average molecular weight is 402 g/mol. The third-order valence-corrected chi connectivity index (χ3v) is 7.64. The molecule has 1 N–H and O–H groups in total. The third-order valence-electron chi connectivity index (χ3n) is 7.64. The molecule has 3 fully saturated rings. The quantitative estimate of drug-likeness (QED) is 0.822. The van der Waals surface area contributed by atoms with E-state index in [0.717, 1.165) is 44.9 Å². The first kappa shape index (κ1) is 20.6. The molecular weight excluding hydrogens is 366 g/mol. The fraction of sp³-hybridized carbons (Fsp3) is 0.739. The van der Waals surface area contributed by atoms with E-state index in [1.54, 1.807) is 18.5 Å². The van der Waals surface area contributed by atoms with Crippen molar-refractivity contribution in [3.63, 3.8) is 0 Å². The summed E-state index contributed by atoms with van der Waals surface area (Å²) in [4.78, 5) is 21.3. The van der Waals surface area contributed by atoms with E-state index in [0.29, 0.717) is 12.3 Å². The fourth-order valence-electron chi connectivity index (χ4n) is 5.70. The van der Waals surface area contributed by atoms with Crippen LogP contribution in [0.25, 0.3) is 0 Å². The fourth-order valence-corrected chi connectivity index (χ4v) is 5.70. The number of pyridine rings is 1. The van der Waals surface area contributed by atoms with Crippen LogP contribution in [-0.4, -0.2) is 71.2 Å². The Morgan fingerprint density at radius 1 is 1.17 bits per heavy atom. The molecule has 1 aromatic rings. The Morgan fingerprint density at radius 2 is 1.93 bits per heavy atom. The third kappa shape index (κ3) is 4.75. The first-order valence-electron chi connectivity index (χ1n) is 11.4. The van der Waals surface area contributed by atoms with E-state index < -0.39 is 0 Å². The normalized spacial score (nSPS) is 25.8. The number of carbonyl (C=O) groups is 1. The number of carbonyl (C=O) groups excluding carboxylic acids is 1. The van der Waals surface area contributed by atoms with Crippen LogP contribution in [0.2, 0.25) is 0 Å². The number of likely N-dealkylation sites (tertiary alicyclic amines) is 2. The van der Waals surface area contributed by atoms with Crippen molar-refractivity contribution < 1.29 is 14.6 Å². The highest BCUT2D eigenvalue weighted by molar-refractivity contribution is 5.77. The summed E-state index contributed by atoms with van der Waals surface area (Å²) in [6.45, 7) is 3.92.